The molecule has 1 aliphatic heterocycles. The minimum atomic E-state index is -1.39. The summed E-state index contributed by atoms with van der Waals surface area (Å²) in [5.41, 5.74) is 1.51. The van der Waals surface area contributed by atoms with Gasteiger partial charge in [-0.15, -0.1) is 0 Å². The summed E-state index contributed by atoms with van der Waals surface area (Å²) in [6.07, 6.45) is 1.20. The van der Waals surface area contributed by atoms with Crippen molar-refractivity contribution in [2.45, 2.75) is 76.2 Å². The molecule has 4 N–H and O–H groups in total. The van der Waals surface area contributed by atoms with E-state index in [4.69, 9.17) is 37.9 Å². The Bertz CT molecular complexity index is 2370. The Morgan fingerprint density at radius 3 is 2.13 bits per heavy atom. The van der Waals surface area contributed by atoms with E-state index >= 15 is 0 Å². The molecule has 4 atom stereocenters. The van der Waals surface area contributed by atoms with E-state index in [1.165, 1.54) is 0 Å². The summed E-state index contributed by atoms with van der Waals surface area (Å²) in [6.45, 7) is 12.0. The van der Waals surface area contributed by atoms with E-state index in [9.17, 15) is 10.1 Å². The molecule has 19 heteroatoms. The summed E-state index contributed by atoms with van der Waals surface area (Å²) >= 11 is 0. The number of H-pyrrole nitrogens is 1. The van der Waals surface area contributed by atoms with Crippen molar-refractivity contribution in [3.05, 3.63) is 112 Å². The van der Waals surface area contributed by atoms with E-state index in [2.05, 4.69) is 81.5 Å². The van der Waals surface area contributed by atoms with Gasteiger partial charge in [0.1, 0.15) is 31.6 Å². The molecule has 366 valence electrons. The highest BCUT2D eigenvalue weighted by Crippen LogP contribution is 2.57. The number of nitriles is 1. The summed E-state index contributed by atoms with van der Waals surface area (Å²) in [7, 11) is 5.18. The number of fused-ring (bicyclic) bond motifs is 1. The predicted octanol–water partition coefficient (Wildman–Crippen LogP) is 6.40. The number of nitrogens with zero attached hydrogens (tertiary/aromatic N) is 6. The first-order chi connectivity index (χ1) is 33.1. The second-order valence-electron chi connectivity index (χ2n) is 16.6. The van der Waals surface area contributed by atoms with Gasteiger partial charge in [0.15, 0.2) is 17.1 Å². The topological polar surface area (TPSA) is 204 Å². The molecule has 3 aromatic carbocycles. The SMILES string of the molecule is COCCN=C(NCCNc1nc2c(ncn2C2CC(P(OCCC#N)N(C(C)C)C(C)C)C(COC(c3ccccc3)(c3ccc(OC)cc3)c3ccc(OC)cc3)O2)c(=O)[nH]1)NCCOC. The molecule has 4 unspecified atom stereocenters. The van der Waals surface area contributed by atoms with Gasteiger partial charge in [0.05, 0.1) is 77.8 Å². The number of aromatic amines is 1. The predicted molar refractivity (Wildman–Crippen MR) is 264 cm³/mol. The third kappa shape index (κ3) is 12.7. The molecule has 1 fully saturated rings. The molecule has 5 aromatic rings. The van der Waals surface area contributed by atoms with E-state index in [-0.39, 0.29) is 54.4 Å². The molecule has 0 radical (unpaired) electrons. The molecule has 0 spiro atoms. The molecule has 0 bridgehead atoms. The standard InChI is InChI=1S/C49H67N10O8P/c1-34(2)59(35(3)4)68(66-28-12-23-50)42-31-43(58-33-55-44-45(58)56-48(57-46(44)60)52-25-24-51-47(53-26-29-61-5)54-27-30-62-6)67-41(42)32-65-49(36-13-10-9-11-14-36,37-15-19-39(63-7)20-16-37)38-17-21-40(64-8)22-18-38/h9-11,13-22,33-35,41-43H,12,24-32H2,1-8H3,(H2,51,53,54)(H2,52,56,57,60). The number of hydrogen-bond acceptors (Lipinski definition) is 14. The number of methoxy groups -OCH3 is 4. The summed E-state index contributed by atoms with van der Waals surface area (Å²) in [5.74, 6) is 2.33. The van der Waals surface area contributed by atoms with Gasteiger partial charge in [-0.1, -0.05) is 54.6 Å². The molecule has 0 aliphatic carbocycles. The van der Waals surface area contributed by atoms with E-state index in [1.54, 1.807) is 34.8 Å². The number of hydrogen-bond donors (Lipinski definition) is 4. The number of nitrogens with one attached hydrogen (secondary N) is 4. The van der Waals surface area contributed by atoms with Crippen LogP contribution in [0.3, 0.4) is 0 Å². The number of anilines is 1. The molecule has 2 aromatic heterocycles. The van der Waals surface area contributed by atoms with Crippen LogP contribution in [0.15, 0.2) is 95.0 Å². The van der Waals surface area contributed by atoms with E-state index in [0.717, 1.165) is 16.7 Å². The van der Waals surface area contributed by atoms with Gasteiger partial charge in [0, 0.05) is 52.4 Å². The minimum absolute atomic E-state index is 0.108. The molecular weight excluding hydrogens is 888 g/mol. The molecule has 6 rings (SSSR count). The second-order valence-corrected chi connectivity index (χ2v) is 18.6. The van der Waals surface area contributed by atoms with Gasteiger partial charge in [-0.05, 0) is 68.7 Å². The number of aromatic nitrogens is 4. The van der Waals surface area contributed by atoms with Crippen LogP contribution >= 0.6 is 8.30 Å². The maximum Gasteiger partial charge on any atom is 0.280 e. The number of imidazole rings is 1. The second kappa shape index (κ2) is 25.6. The monoisotopic (exact) mass is 954 g/mol. The summed E-state index contributed by atoms with van der Waals surface area (Å²) in [5, 5.41) is 19.4. The normalized spacial score (nSPS) is 16.9. The molecular formula is C49H67N10O8P. The van der Waals surface area contributed by atoms with Gasteiger partial charge in [0.25, 0.3) is 5.56 Å². The van der Waals surface area contributed by atoms with Gasteiger partial charge in [-0.2, -0.15) is 10.2 Å². The van der Waals surface area contributed by atoms with E-state index in [1.807, 2.05) is 71.3 Å². The van der Waals surface area contributed by atoms with Gasteiger partial charge in [0.2, 0.25) is 5.95 Å². The van der Waals surface area contributed by atoms with Crippen LogP contribution in [0.4, 0.5) is 5.95 Å². The number of ether oxygens (including phenoxy) is 6. The van der Waals surface area contributed by atoms with Gasteiger partial charge < -0.3 is 48.9 Å². The molecule has 68 heavy (non-hydrogen) atoms. The van der Waals surface area contributed by atoms with Crippen LogP contribution in [-0.4, -0.2) is 135 Å². The fourth-order valence-electron chi connectivity index (χ4n) is 8.40. The lowest BCUT2D eigenvalue weighted by Gasteiger charge is -2.42. The average molecular weight is 955 g/mol. The highest BCUT2D eigenvalue weighted by atomic mass is 31.2. The fraction of sp³-hybridized carbons (Fsp3) is 0.490. The van der Waals surface area contributed by atoms with Crippen molar-refractivity contribution in [1.82, 2.24) is 34.8 Å². The van der Waals surface area contributed by atoms with Crippen LogP contribution in [0.2, 0.25) is 0 Å². The zero-order chi connectivity index (χ0) is 48.5. The van der Waals surface area contributed by atoms with Crippen molar-refractivity contribution in [1.29, 1.82) is 5.26 Å². The summed E-state index contributed by atoms with van der Waals surface area (Å²) in [4.78, 5) is 30.4. The number of guanidine groups is 1. The first kappa shape index (κ1) is 51.7. The maximum atomic E-state index is 13.6. The smallest absolute Gasteiger partial charge is 0.280 e. The Morgan fingerprint density at radius 2 is 1.53 bits per heavy atom. The van der Waals surface area contributed by atoms with Gasteiger partial charge in [-0.25, -0.2) is 4.98 Å². The van der Waals surface area contributed by atoms with Crippen LogP contribution in [0.1, 0.15) is 63.5 Å². The number of rotatable bonds is 26. The Labute approximate surface area is 400 Å². The third-order valence-electron chi connectivity index (χ3n) is 11.5. The van der Waals surface area contributed by atoms with Crippen LogP contribution < -0.4 is 31.0 Å². The van der Waals surface area contributed by atoms with Gasteiger partial charge in [-0.3, -0.25) is 24.0 Å². The molecule has 3 heterocycles. The Morgan fingerprint density at radius 1 is 0.897 bits per heavy atom. The lowest BCUT2D eigenvalue weighted by molar-refractivity contribution is -0.0755. The largest absolute Gasteiger partial charge is 0.497 e. The first-order valence-corrected chi connectivity index (χ1v) is 24.3. The molecule has 1 saturated heterocycles. The van der Waals surface area contributed by atoms with Crippen LogP contribution in [-0.2, 0) is 29.1 Å². The molecule has 0 amide bonds. The zero-order valence-electron chi connectivity index (χ0n) is 40.4. The molecule has 1 aliphatic rings. The fourth-order valence-corrected chi connectivity index (χ4v) is 11.1. The van der Waals surface area contributed by atoms with Gasteiger partial charge >= 0.3 is 0 Å². The Kier molecular flexibility index (Phi) is 19.5. The third-order valence-corrected chi connectivity index (χ3v) is 14.4. The zero-order valence-corrected chi connectivity index (χ0v) is 41.3. The van der Waals surface area contributed by atoms with Crippen molar-refractivity contribution in [2.24, 2.45) is 4.99 Å². The summed E-state index contributed by atoms with van der Waals surface area (Å²) in [6, 6.07) is 28.5. The number of aliphatic imine (C=N–C) groups is 1. The van der Waals surface area contributed by atoms with Crippen molar-refractivity contribution in [2.75, 3.05) is 86.4 Å². The minimum Gasteiger partial charge on any atom is -0.497 e. The van der Waals surface area contributed by atoms with Crippen LogP contribution in [0.25, 0.3) is 11.2 Å². The Balaban J connectivity index is 1.37. The number of benzene rings is 3. The maximum absolute atomic E-state index is 13.6. The molecule has 0 saturated carbocycles. The van der Waals surface area contributed by atoms with Crippen molar-refractivity contribution in [3.8, 4) is 17.6 Å². The van der Waals surface area contributed by atoms with Crippen molar-refractivity contribution < 1.29 is 32.9 Å². The lowest BCUT2D eigenvalue weighted by Crippen LogP contribution is -2.41. The average Bonchev–Trinajstić information content (AvgIpc) is 3.98. The lowest BCUT2D eigenvalue weighted by atomic mass is 9.80. The van der Waals surface area contributed by atoms with Crippen molar-refractivity contribution in [3.63, 3.8) is 0 Å². The van der Waals surface area contributed by atoms with Crippen LogP contribution in [0.5, 0.6) is 11.5 Å². The highest BCUT2D eigenvalue weighted by Gasteiger charge is 2.48. The van der Waals surface area contributed by atoms with Crippen molar-refractivity contribution >= 4 is 31.4 Å². The Hall–Kier alpha value is -5.64. The molecule has 18 nitrogen and oxygen atoms in total. The van der Waals surface area contributed by atoms with Crippen LogP contribution in [0, 0.1) is 11.3 Å². The van der Waals surface area contributed by atoms with E-state index < -0.39 is 26.2 Å². The highest BCUT2D eigenvalue weighted by molar-refractivity contribution is 7.51. The van der Waals surface area contributed by atoms with E-state index in [0.29, 0.717) is 68.9 Å². The quantitative estimate of drug-likeness (QED) is 0.0156. The first-order valence-electron chi connectivity index (χ1n) is 23.0. The summed E-state index contributed by atoms with van der Waals surface area (Å²) < 4.78 is 47.2.